The van der Waals surface area contributed by atoms with Crippen molar-refractivity contribution in [3.05, 3.63) is 88.9 Å². The highest BCUT2D eigenvalue weighted by molar-refractivity contribution is 7.92. The molecule has 0 spiro atoms. The molecule has 8 heteroatoms. The lowest BCUT2D eigenvalue weighted by Crippen LogP contribution is -2.46. The number of benzene rings is 3. The molecule has 1 fully saturated rings. The van der Waals surface area contributed by atoms with Crippen LogP contribution in [0.1, 0.15) is 24.0 Å². The van der Waals surface area contributed by atoms with Crippen LogP contribution in [0, 0.1) is 12.8 Å². The van der Waals surface area contributed by atoms with E-state index in [4.69, 9.17) is 16.3 Å². The van der Waals surface area contributed by atoms with Gasteiger partial charge in [0.25, 0.3) is 10.0 Å². The number of ether oxygens (including phenoxy) is 1. The molecule has 190 valence electrons. The molecule has 0 bridgehead atoms. The lowest BCUT2D eigenvalue weighted by molar-refractivity contribution is -0.130. The Morgan fingerprint density at radius 1 is 1.03 bits per heavy atom. The Kier molecular flexibility index (Phi) is 8.21. The first kappa shape index (κ1) is 26.0. The minimum atomic E-state index is -4.06. The third-order valence-corrected chi connectivity index (χ3v) is 8.64. The Bertz CT molecular complexity index is 1290. The topological polar surface area (TPSA) is 66.9 Å². The van der Waals surface area contributed by atoms with Gasteiger partial charge in [0, 0.05) is 18.1 Å². The van der Waals surface area contributed by atoms with E-state index in [-0.39, 0.29) is 23.0 Å². The summed E-state index contributed by atoms with van der Waals surface area (Å²) in [5.41, 5.74) is 2.47. The second kappa shape index (κ2) is 11.4. The largest absolute Gasteiger partial charge is 0.495 e. The smallest absolute Gasteiger partial charge is 0.264 e. The van der Waals surface area contributed by atoms with Gasteiger partial charge in [-0.05, 0) is 68.0 Å². The molecule has 1 aliphatic rings. The number of halogens is 1. The van der Waals surface area contributed by atoms with E-state index < -0.39 is 10.0 Å². The van der Waals surface area contributed by atoms with Gasteiger partial charge in [-0.1, -0.05) is 59.6 Å². The predicted octanol–water partition coefficient (Wildman–Crippen LogP) is 5.33. The fraction of sp³-hybridized carbons (Fsp3) is 0.321. The van der Waals surface area contributed by atoms with Crippen LogP contribution in [0.3, 0.4) is 0 Å². The minimum Gasteiger partial charge on any atom is -0.495 e. The number of carbonyl (C=O) groups excluding carboxylic acids is 1. The molecule has 0 N–H and O–H groups in total. The van der Waals surface area contributed by atoms with Crippen molar-refractivity contribution in [2.45, 2.75) is 31.1 Å². The summed E-state index contributed by atoms with van der Waals surface area (Å²) in [6.45, 7) is 2.75. The Hall–Kier alpha value is -3.03. The predicted molar refractivity (Wildman–Crippen MR) is 143 cm³/mol. The second-order valence-electron chi connectivity index (χ2n) is 9.15. The molecule has 0 saturated carbocycles. The number of aryl methyl sites for hydroxylation is 1. The van der Waals surface area contributed by atoms with Crippen LogP contribution in [0.4, 0.5) is 5.69 Å². The number of nitrogens with zero attached hydrogens (tertiary/aromatic N) is 2. The van der Waals surface area contributed by atoms with Gasteiger partial charge < -0.3 is 9.64 Å². The number of hydrogen-bond donors (Lipinski definition) is 0. The van der Waals surface area contributed by atoms with Gasteiger partial charge in [-0.3, -0.25) is 9.10 Å². The standard InChI is InChI=1S/C28H31ClN2O4S/c1-21-8-11-25(12-9-21)36(33,34)31(26-19-24(29)10-13-27(26)35-2)20-28(32)30-16-14-23(15-17-30)18-22-6-4-3-5-7-22/h3-13,19,23H,14-18,20H2,1-2H3. The molecule has 0 radical (unpaired) electrons. The van der Waals surface area contributed by atoms with E-state index in [2.05, 4.69) is 12.1 Å². The van der Waals surface area contributed by atoms with Crippen LogP contribution >= 0.6 is 11.6 Å². The van der Waals surface area contributed by atoms with Crippen molar-refractivity contribution in [2.24, 2.45) is 5.92 Å². The van der Waals surface area contributed by atoms with E-state index in [1.54, 1.807) is 41.3 Å². The molecule has 4 rings (SSSR count). The molecule has 36 heavy (non-hydrogen) atoms. The van der Waals surface area contributed by atoms with E-state index >= 15 is 0 Å². The molecule has 0 atom stereocenters. The summed E-state index contributed by atoms with van der Waals surface area (Å²) in [6.07, 6.45) is 2.74. The SMILES string of the molecule is COc1ccc(Cl)cc1N(CC(=O)N1CCC(Cc2ccccc2)CC1)S(=O)(=O)c1ccc(C)cc1. The van der Waals surface area contributed by atoms with Gasteiger partial charge >= 0.3 is 0 Å². The molecule has 1 amide bonds. The van der Waals surface area contributed by atoms with Crippen LogP contribution < -0.4 is 9.04 Å². The third-order valence-electron chi connectivity index (χ3n) is 6.63. The highest BCUT2D eigenvalue weighted by atomic mass is 35.5. The zero-order chi connectivity index (χ0) is 25.7. The fourth-order valence-electron chi connectivity index (χ4n) is 4.55. The molecule has 1 aliphatic heterocycles. The maximum atomic E-state index is 13.8. The lowest BCUT2D eigenvalue weighted by atomic mass is 9.90. The van der Waals surface area contributed by atoms with Gasteiger partial charge in [0.15, 0.2) is 0 Å². The number of amides is 1. The van der Waals surface area contributed by atoms with Crippen LogP contribution in [0.15, 0.2) is 77.7 Å². The van der Waals surface area contributed by atoms with Gasteiger partial charge in [0.1, 0.15) is 12.3 Å². The summed E-state index contributed by atoms with van der Waals surface area (Å²) < 4.78 is 34.1. The van der Waals surface area contributed by atoms with E-state index in [1.807, 2.05) is 25.1 Å². The van der Waals surface area contributed by atoms with Gasteiger partial charge in [-0.25, -0.2) is 8.42 Å². The molecular weight excluding hydrogens is 496 g/mol. The van der Waals surface area contributed by atoms with Crippen LogP contribution in [-0.2, 0) is 21.2 Å². The molecule has 3 aromatic rings. The third kappa shape index (κ3) is 6.02. The zero-order valence-electron chi connectivity index (χ0n) is 20.6. The molecule has 3 aromatic carbocycles. The second-order valence-corrected chi connectivity index (χ2v) is 11.5. The maximum Gasteiger partial charge on any atom is 0.264 e. The zero-order valence-corrected chi connectivity index (χ0v) is 22.1. The number of likely N-dealkylation sites (tertiary alicyclic amines) is 1. The number of rotatable bonds is 8. The van der Waals surface area contributed by atoms with Gasteiger partial charge in [-0.15, -0.1) is 0 Å². The summed E-state index contributed by atoms with van der Waals surface area (Å²) in [7, 11) is -2.60. The monoisotopic (exact) mass is 526 g/mol. The molecule has 1 saturated heterocycles. The summed E-state index contributed by atoms with van der Waals surface area (Å²) in [5, 5.41) is 0.351. The summed E-state index contributed by atoms with van der Waals surface area (Å²) in [5.74, 6) is 0.576. The number of carbonyl (C=O) groups is 1. The van der Waals surface area contributed by atoms with E-state index in [1.165, 1.54) is 18.7 Å². The van der Waals surface area contributed by atoms with E-state index in [9.17, 15) is 13.2 Å². The van der Waals surface area contributed by atoms with Gasteiger partial charge in [0.05, 0.1) is 17.7 Å². The number of sulfonamides is 1. The van der Waals surface area contributed by atoms with E-state index in [0.29, 0.717) is 29.8 Å². The minimum absolute atomic E-state index is 0.101. The van der Waals surface area contributed by atoms with Crippen molar-refractivity contribution in [1.82, 2.24) is 4.90 Å². The number of methoxy groups -OCH3 is 1. The molecular formula is C28H31ClN2O4S. The average molecular weight is 527 g/mol. The highest BCUT2D eigenvalue weighted by Gasteiger charge is 2.32. The fourth-order valence-corrected chi connectivity index (χ4v) is 6.13. The van der Waals surface area contributed by atoms with Crippen LogP contribution in [0.25, 0.3) is 0 Å². The first-order valence-electron chi connectivity index (χ1n) is 12.0. The first-order chi connectivity index (χ1) is 17.3. The van der Waals surface area contributed by atoms with Crippen molar-refractivity contribution in [2.75, 3.05) is 31.0 Å². The first-order valence-corrected chi connectivity index (χ1v) is 13.8. The van der Waals surface area contributed by atoms with Crippen molar-refractivity contribution < 1.29 is 17.9 Å². The molecule has 6 nitrogen and oxygen atoms in total. The average Bonchev–Trinajstić information content (AvgIpc) is 2.88. The number of hydrogen-bond acceptors (Lipinski definition) is 4. The summed E-state index contributed by atoms with van der Waals surface area (Å²) >= 11 is 6.23. The Labute approximate surface area is 218 Å². The van der Waals surface area contributed by atoms with Crippen molar-refractivity contribution >= 4 is 33.2 Å². The van der Waals surface area contributed by atoms with E-state index in [0.717, 1.165) is 29.1 Å². The Balaban J connectivity index is 1.55. The molecule has 1 heterocycles. The summed E-state index contributed by atoms with van der Waals surface area (Å²) in [6, 6.07) is 21.7. The lowest BCUT2D eigenvalue weighted by Gasteiger charge is -2.34. The van der Waals surface area contributed by atoms with Crippen LogP contribution in [0.2, 0.25) is 5.02 Å². The summed E-state index contributed by atoms with van der Waals surface area (Å²) in [4.78, 5) is 15.3. The number of anilines is 1. The molecule has 0 aromatic heterocycles. The Morgan fingerprint density at radius 2 is 1.69 bits per heavy atom. The van der Waals surface area contributed by atoms with Gasteiger partial charge in [0.2, 0.25) is 5.91 Å². The molecule has 0 unspecified atom stereocenters. The maximum absolute atomic E-state index is 13.8. The van der Waals surface area contributed by atoms with Crippen molar-refractivity contribution in [3.8, 4) is 5.75 Å². The van der Waals surface area contributed by atoms with Crippen molar-refractivity contribution in [1.29, 1.82) is 0 Å². The quantitative estimate of drug-likeness (QED) is 0.397. The van der Waals surface area contributed by atoms with Crippen LogP contribution in [-0.4, -0.2) is 46.0 Å². The number of piperidine rings is 1. The highest BCUT2D eigenvalue weighted by Crippen LogP contribution is 2.35. The Morgan fingerprint density at radius 3 is 2.33 bits per heavy atom. The molecule has 0 aliphatic carbocycles. The van der Waals surface area contributed by atoms with Crippen molar-refractivity contribution in [3.63, 3.8) is 0 Å². The van der Waals surface area contributed by atoms with Crippen LogP contribution in [0.5, 0.6) is 5.75 Å². The van der Waals surface area contributed by atoms with Gasteiger partial charge in [-0.2, -0.15) is 0 Å². The normalized spacial score (nSPS) is 14.5.